The second kappa shape index (κ2) is 47.3. The lowest BCUT2D eigenvalue weighted by atomic mass is 9.99. The van der Waals surface area contributed by atoms with Gasteiger partial charge in [0.25, 0.3) is 35.4 Å². The second-order valence-electron chi connectivity index (χ2n) is 30.4. The number of carboxylic acid groups (broad SMARTS) is 1. The summed E-state index contributed by atoms with van der Waals surface area (Å²) in [6.45, 7) is 20.4. The molecule has 696 valence electrons. The highest BCUT2D eigenvalue weighted by atomic mass is 35.5. The third kappa shape index (κ3) is 24.9. The number of aliphatic carboxylic acids is 1. The van der Waals surface area contributed by atoms with Gasteiger partial charge in [0.1, 0.15) is 57.3 Å². The van der Waals surface area contributed by atoms with E-state index in [9.17, 15) is 62.6 Å². The molecule has 6 N–H and O–H groups in total. The number of halogens is 2. The standard InChI is InChI=1S/C44H49ClN8O11S.C26H35N3O10.C19H17ClN4O2S/c1-25-26(2)65-44-37(25)39(28-7-9-29(45)10-8-28)48-31(40-51-50-27(3)52(40)44)23-35(55)46-13-15-60-17-19-62-21-22-63-20-18-61-16-14-47-36(56)24-64-33-6-4-5-30-38(33)43(59)53(42(30)58)32-11-12-34(54)49-41(32)57;1-2-9-35-11-13-37-15-16-38-14-12-36-10-8-27-22(31)17-39-20-5-3-4-18-23(20)26(34)29(25(18)33)19-6-7-21(30)28-24(19)32;1-9-10(2)27-19-16(9)17(12-4-6-13(20)7-5-12)21-14(8-15(25)26)18-23-22-11(3)24(18)19/h4-10,31-32H,11-24H2,1-3H3,(H,46,55)(H,47,56)(H,49,54,57);3-5,19H,2,6-17H2,1H3,(H,27,31)(H,28,30,32);4-7,14H,8H2,1-3H3,(H,25,26)/t31-,32?;;14-/m0.0/s1. The lowest BCUT2D eigenvalue weighted by Crippen LogP contribution is -2.54. The van der Waals surface area contributed by atoms with Gasteiger partial charge in [0.05, 0.1) is 146 Å². The van der Waals surface area contributed by atoms with Crippen molar-refractivity contribution >= 4 is 128 Å². The number of aromatic nitrogens is 6. The lowest BCUT2D eigenvalue weighted by molar-refractivity contribution is -0.138. The molecule has 2 unspecified atom stereocenters. The smallest absolute Gasteiger partial charge is 0.306 e. The van der Waals surface area contributed by atoms with Gasteiger partial charge in [-0.25, -0.2) is 0 Å². The number of carbonyl (C=O) groups is 12. The molecule has 42 heteroatoms. The van der Waals surface area contributed by atoms with Gasteiger partial charge in [0, 0.05) is 81.1 Å². The van der Waals surface area contributed by atoms with E-state index in [1.807, 2.05) is 78.4 Å². The summed E-state index contributed by atoms with van der Waals surface area (Å²) < 4.78 is 58.8. The average Bonchev–Trinajstić information content (AvgIpc) is 1.59. The molecule has 4 aromatic heterocycles. The van der Waals surface area contributed by atoms with Gasteiger partial charge in [-0.15, -0.1) is 43.1 Å². The first-order chi connectivity index (χ1) is 63.2. The summed E-state index contributed by atoms with van der Waals surface area (Å²) >= 11 is 15.6. The van der Waals surface area contributed by atoms with Crippen molar-refractivity contribution in [1.82, 2.24) is 65.9 Å². The fraction of sp³-hybridized carbons (Fsp3) is 0.438. The first-order valence-corrected chi connectivity index (χ1v) is 44.9. The molecule has 0 spiro atoms. The Morgan fingerprint density at radius 1 is 0.443 bits per heavy atom. The van der Waals surface area contributed by atoms with Crippen molar-refractivity contribution in [1.29, 1.82) is 0 Å². The molecule has 0 bridgehead atoms. The number of imide groups is 4. The van der Waals surface area contributed by atoms with Crippen LogP contribution in [0.1, 0.15) is 172 Å². The van der Waals surface area contributed by atoms with E-state index in [0.29, 0.717) is 114 Å². The molecular formula is C89H101Cl2N15O23S2. The number of aliphatic imine (C=N–C) groups is 2. The van der Waals surface area contributed by atoms with E-state index in [1.165, 1.54) is 46.2 Å². The Bertz CT molecular complexity index is 5600. The van der Waals surface area contributed by atoms with Crippen molar-refractivity contribution in [3.8, 4) is 21.5 Å². The molecule has 0 aliphatic carbocycles. The number of hydrogen-bond acceptors (Lipinski definition) is 30. The Morgan fingerprint density at radius 2 is 0.794 bits per heavy atom. The Kier molecular flexibility index (Phi) is 35.5. The van der Waals surface area contributed by atoms with Crippen LogP contribution in [0, 0.1) is 41.5 Å². The zero-order valence-electron chi connectivity index (χ0n) is 73.2. The number of piperidine rings is 2. The Hall–Kier alpha value is -11.8. The van der Waals surface area contributed by atoms with Crippen LogP contribution in [-0.4, -0.2) is 277 Å². The number of thiophene rings is 2. The molecule has 14 rings (SSSR count). The normalized spacial score (nSPS) is 16.5. The number of rotatable bonds is 43. The minimum absolute atomic E-state index is 0.00246. The number of carboxylic acids is 1. The van der Waals surface area contributed by atoms with Gasteiger partial charge in [-0.3, -0.25) is 97.1 Å². The van der Waals surface area contributed by atoms with E-state index in [0.717, 1.165) is 89.3 Å². The zero-order valence-corrected chi connectivity index (χ0v) is 76.3. The van der Waals surface area contributed by atoms with Crippen LogP contribution >= 0.6 is 45.9 Å². The van der Waals surface area contributed by atoms with Crippen LogP contribution in [0.25, 0.3) is 10.0 Å². The molecule has 0 radical (unpaired) electrons. The number of amides is 11. The van der Waals surface area contributed by atoms with Crippen molar-refractivity contribution in [2.75, 3.05) is 139 Å². The lowest BCUT2D eigenvalue weighted by Gasteiger charge is -2.27. The summed E-state index contributed by atoms with van der Waals surface area (Å²) in [4.78, 5) is 163. The molecule has 8 aromatic rings. The summed E-state index contributed by atoms with van der Waals surface area (Å²) in [5.41, 5.74) is 7.66. The third-order valence-corrected chi connectivity index (χ3v) is 24.2. The number of ether oxygens (including phenoxy) is 10. The fourth-order valence-electron chi connectivity index (χ4n) is 14.7. The molecule has 4 atom stereocenters. The summed E-state index contributed by atoms with van der Waals surface area (Å²) in [6.07, 6.45) is 1.01. The molecule has 2 fully saturated rings. The summed E-state index contributed by atoms with van der Waals surface area (Å²) in [7, 11) is 0. The third-order valence-electron chi connectivity index (χ3n) is 21.3. The molecule has 11 amide bonds. The van der Waals surface area contributed by atoms with Crippen molar-refractivity contribution in [2.45, 2.75) is 118 Å². The van der Waals surface area contributed by atoms with Gasteiger partial charge in [-0.1, -0.05) is 66.5 Å². The first kappa shape index (κ1) is 98.2. The zero-order chi connectivity index (χ0) is 93.4. The molecular weight excluding hydrogens is 1780 g/mol. The maximum atomic E-state index is 13.2. The highest BCUT2D eigenvalue weighted by molar-refractivity contribution is 7.15. The maximum absolute atomic E-state index is 13.2. The van der Waals surface area contributed by atoms with E-state index in [4.69, 9.17) is 80.6 Å². The number of fused-ring (bicyclic) bond motifs is 8. The minimum atomic E-state index is -1.11. The number of benzene rings is 4. The fourth-order valence-corrected chi connectivity index (χ4v) is 17.4. The van der Waals surface area contributed by atoms with E-state index >= 15 is 0 Å². The SMILES string of the molecule is CCCOCCOCCOCCOCCNC(=O)COc1cccc2c1C(=O)N(C1CCC(=O)NC1=O)C2=O.Cc1sc2c(c1C)C(c1ccc(Cl)cc1)=N[C@@H](CC(=O)NCCOCCOCCOCCOCCNC(=O)COc1cccc3c1C(=O)N(C1CCC(=O)NC1=O)C3=O)c1nnc(C)n1-2.Cc1sc2c(c1C)C(c1ccc(Cl)cc1)=N[C@@H](CC(=O)O)c1nnc(C)n1-2. The number of nitrogens with one attached hydrogen (secondary N) is 5. The van der Waals surface area contributed by atoms with Crippen LogP contribution in [0.15, 0.2) is 94.9 Å². The Balaban J connectivity index is 0.000000198. The van der Waals surface area contributed by atoms with Crippen LogP contribution in [0.2, 0.25) is 10.0 Å². The van der Waals surface area contributed by atoms with E-state index < -0.39 is 95.8 Å². The molecule has 6 aliphatic rings. The Labute approximate surface area is 771 Å². The van der Waals surface area contributed by atoms with Gasteiger partial charge < -0.3 is 68.4 Å². The topological polar surface area (TPSA) is 470 Å². The largest absolute Gasteiger partial charge is 0.483 e. The monoisotopic (exact) mass is 1880 g/mol. The quantitative estimate of drug-likeness (QED) is 0.0161. The van der Waals surface area contributed by atoms with Crippen LogP contribution in [-0.2, 0) is 76.3 Å². The Morgan fingerprint density at radius 3 is 1.15 bits per heavy atom. The minimum Gasteiger partial charge on any atom is -0.483 e. The number of hydrogen-bond donors (Lipinski definition) is 6. The highest BCUT2D eigenvalue weighted by Gasteiger charge is 2.48. The molecule has 4 aromatic carbocycles. The van der Waals surface area contributed by atoms with E-state index in [-0.39, 0.29) is 111 Å². The van der Waals surface area contributed by atoms with E-state index in [1.54, 1.807) is 22.7 Å². The first-order valence-electron chi connectivity index (χ1n) is 42.5. The molecule has 131 heavy (non-hydrogen) atoms. The molecule has 6 aliphatic heterocycles. The predicted octanol–water partition coefficient (Wildman–Crippen LogP) is 7.30. The molecule has 2 saturated heterocycles. The van der Waals surface area contributed by atoms with Gasteiger partial charge in [-0.2, -0.15) is 0 Å². The van der Waals surface area contributed by atoms with Crippen LogP contribution in [0.3, 0.4) is 0 Å². The van der Waals surface area contributed by atoms with Crippen molar-refractivity contribution < 1.29 is 110 Å². The summed E-state index contributed by atoms with van der Waals surface area (Å²) in [6, 6.07) is 20.5. The summed E-state index contributed by atoms with van der Waals surface area (Å²) in [5.74, 6) is -4.41. The van der Waals surface area contributed by atoms with Crippen LogP contribution in [0.4, 0.5) is 0 Å². The molecule has 10 heterocycles. The number of nitrogens with zero attached hydrogens (tertiary/aromatic N) is 10. The van der Waals surface area contributed by atoms with Gasteiger partial charge in [0.15, 0.2) is 24.9 Å². The van der Waals surface area contributed by atoms with Crippen molar-refractivity contribution in [3.63, 3.8) is 0 Å². The maximum Gasteiger partial charge on any atom is 0.306 e. The second-order valence-corrected chi connectivity index (χ2v) is 33.7. The van der Waals surface area contributed by atoms with Gasteiger partial charge in [-0.05, 0) is 120 Å². The van der Waals surface area contributed by atoms with E-state index in [2.05, 4.69) is 74.7 Å². The molecule has 0 saturated carbocycles. The van der Waals surface area contributed by atoms with Gasteiger partial charge >= 0.3 is 5.97 Å². The van der Waals surface area contributed by atoms with Crippen molar-refractivity contribution in [2.24, 2.45) is 9.98 Å². The van der Waals surface area contributed by atoms with Gasteiger partial charge in [0.2, 0.25) is 29.5 Å². The molecule has 38 nitrogen and oxygen atoms in total. The number of carbonyl (C=O) groups excluding carboxylic acids is 11. The average molecular weight is 1880 g/mol. The summed E-state index contributed by atoms with van der Waals surface area (Å²) in [5, 5.41) is 42.4. The van der Waals surface area contributed by atoms with Crippen LogP contribution < -0.4 is 36.1 Å². The van der Waals surface area contributed by atoms with Crippen molar-refractivity contribution in [3.05, 3.63) is 184 Å². The predicted molar refractivity (Wildman–Crippen MR) is 477 cm³/mol. The highest BCUT2D eigenvalue weighted by Crippen LogP contribution is 2.43. The van der Waals surface area contributed by atoms with Crippen LogP contribution in [0.5, 0.6) is 11.5 Å². The number of aryl methyl sites for hydroxylation is 4.